The van der Waals surface area contributed by atoms with Crippen LogP contribution in [-0.2, 0) is 19.1 Å². The smallest absolute Gasteiger partial charge is 0.319 e. The van der Waals surface area contributed by atoms with Crippen LogP contribution in [-0.4, -0.2) is 40.2 Å². The lowest BCUT2D eigenvalue weighted by molar-refractivity contribution is -0.156. The Morgan fingerprint density at radius 3 is 2.06 bits per heavy atom. The van der Waals surface area contributed by atoms with Gasteiger partial charge < -0.3 is 9.47 Å². The van der Waals surface area contributed by atoms with Crippen molar-refractivity contribution >= 4 is 55.4 Å². The molecule has 16 heavy (non-hydrogen) atoms. The number of hydrogen-bond donors (Lipinski definition) is 0. The predicted octanol–water partition coefficient (Wildman–Crippen LogP) is 2.25. The van der Waals surface area contributed by atoms with Gasteiger partial charge in [-0.05, 0) is 13.8 Å². The molecule has 0 fully saturated rings. The highest BCUT2D eigenvalue weighted by molar-refractivity contribution is 9.10. The summed E-state index contributed by atoms with van der Waals surface area (Å²) >= 11 is 11.7. The zero-order chi connectivity index (χ0) is 12.7. The Hall–Kier alpha value is 0.190. The lowest BCUT2D eigenvalue weighted by Crippen LogP contribution is -2.30. The van der Waals surface area contributed by atoms with Crippen LogP contribution in [0.2, 0.25) is 0 Å². The number of alkyl halides is 3. The van der Waals surface area contributed by atoms with Crippen molar-refractivity contribution in [2.24, 2.45) is 0 Å². The van der Waals surface area contributed by atoms with Gasteiger partial charge in [-0.3, -0.25) is 9.59 Å². The molecule has 0 aliphatic rings. The van der Waals surface area contributed by atoms with Gasteiger partial charge in [0.15, 0.2) is 0 Å². The molecular formula is C9H13Br2ClO4. The van der Waals surface area contributed by atoms with Crippen LogP contribution in [0.15, 0.2) is 0 Å². The SMILES string of the molecule is C[C@H](Br)C(=O)OC[C@@H](CCl)OC(=O)[C@@H](C)Br. The first kappa shape index (κ1) is 16.2. The van der Waals surface area contributed by atoms with Crippen LogP contribution >= 0.6 is 43.5 Å². The van der Waals surface area contributed by atoms with E-state index in [4.69, 9.17) is 21.1 Å². The molecule has 0 saturated heterocycles. The molecule has 0 aromatic carbocycles. The van der Waals surface area contributed by atoms with E-state index in [9.17, 15) is 9.59 Å². The summed E-state index contributed by atoms with van der Waals surface area (Å²) in [5.74, 6) is -0.776. The fraction of sp³-hybridized carbons (Fsp3) is 0.778. The zero-order valence-corrected chi connectivity index (χ0v) is 12.8. The predicted molar refractivity (Wildman–Crippen MR) is 68.3 cm³/mol. The quantitative estimate of drug-likeness (QED) is 0.524. The van der Waals surface area contributed by atoms with Gasteiger partial charge in [-0.25, -0.2) is 0 Å². The van der Waals surface area contributed by atoms with E-state index < -0.39 is 27.7 Å². The van der Waals surface area contributed by atoms with Gasteiger partial charge in [0, 0.05) is 0 Å². The summed E-state index contributed by atoms with van der Waals surface area (Å²) in [7, 11) is 0. The lowest BCUT2D eigenvalue weighted by Gasteiger charge is -2.16. The number of carbonyl (C=O) groups is 2. The molecule has 0 unspecified atom stereocenters. The maximum Gasteiger partial charge on any atom is 0.319 e. The van der Waals surface area contributed by atoms with E-state index in [0.717, 1.165) is 0 Å². The molecule has 0 aromatic rings. The zero-order valence-electron chi connectivity index (χ0n) is 8.91. The van der Waals surface area contributed by atoms with Gasteiger partial charge in [-0.2, -0.15) is 0 Å². The minimum Gasteiger partial charge on any atom is -0.461 e. The second-order valence-electron chi connectivity index (χ2n) is 3.08. The summed E-state index contributed by atoms with van der Waals surface area (Å²) in [6, 6.07) is 0. The van der Waals surface area contributed by atoms with Crippen LogP contribution in [0.3, 0.4) is 0 Å². The van der Waals surface area contributed by atoms with Crippen LogP contribution in [0.5, 0.6) is 0 Å². The van der Waals surface area contributed by atoms with E-state index >= 15 is 0 Å². The molecule has 0 heterocycles. The normalized spacial score (nSPS) is 16.1. The summed E-state index contributed by atoms with van der Waals surface area (Å²) < 4.78 is 9.86. The molecule has 0 rings (SSSR count). The van der Waals surface area contributed by atoms with Gasteiger partial charge in [-0.1, -0.05) is 31.9 Å². The lowest BCUT2D eigenvalue weighted by atomic mass is 10.4. The maximum atomic E-state index is 11.2. The summed E-state index contributed by atoms with van der Waals surface area (Å²) in [6.45, 7) is 3.24. The molecule has 3 atom stereocenters. The molecule has 94 valence electrons. The third-order valence-electron chi connectivity index (χ3n) is 1.52. The van der Waals surface area contributed by atoms with Crippen LogP contribution in [0.4, 0.5) is 0 Å². The topological polar surface area (TPSA) is 52.6 Å². The largest absolute Gasteiger partial charge is 0.461 e. The molecular weight excluding hydrogens is 367 g/mol. The molecule has 0 aromatic heterocycles. The average molecular weight is 380 g/mol. The molecule has 0 spiro atoms. The van der Waals surface area contributed by atoms with Crippen molar-refractivity contribution in [2.45, 2.75) is 29.6 Å². The minimum absolute atomic E-state index is 0.0380. The second-order valence-corrected chi connectivity index (χ2v) is 6.13. The van der Waals surface area contributed by atoms with E-state index in [1.54, 1.807) is 13.8 Å². The number of carbonyl (C=O) groups excluding carboxylic acids is 2. The van der Waals surface area contributed by atoms with Crippen molar-refractivity contribution < 1.29 is 19.1 Å². The van der Waals surface area contributed by atoms with E-state index in [1.165, 1.54) is 0 Å². The van der Waals surface area contributed by atoms with Crippen LogP contribution < -0.4 is 0 Å². The second kappa shape index (κ2) is 8.31. The van der Waals surface area contributed by atoms with Gasteiger partial charge >= 0.3 is 11.9 Å². The summed E-state index contributed by atoms with van der Waals surface area (Å²) in [5.41, 5.74) is 0. The van der Waals surface area contributed by atoms with Crippen LogP contribution in [0.25, 0.3) is 0 Å². The van der Waals surface area contributed by atoms with E-state index in [0.29, 0.717) is 0 Å². The van der Waals surface area contributed by atoms with Crippen molar-refractivity contribution in [2.75, 3.05) is 12.5 Å². The first-order valence-corrected chi connectivity index (χ1v) is 6.96. The van der Waals surface area contributed by atoms with E-state index in [2.05, 4.69) is 31.9 Å². The van der Waals surface area contributed by atoms with E-state index in [1.807, 2.05) is 0 Å². The number of ether oxygens (including phenoxy) is 2. The highest BCUT2D eigenvalue weighted by Gasteiger charge is 2.20. The summed E-state index contributed by atoms with van der Waals surface area (Å²) in [4.78, 5) is 21.5. The Bertz CT molecular complexity index is 246. The molecule has 0 radical (unpaired) electrons. The highest BCUT2D eigenvalue weighted by Crippen LogP contribution is 2.07. The monoisotopic (exact) mass is 378 g/mol. The van der Waals surface area contributed by atoms with Crippen molar-refractivity contribution in [3.05, 3.63) is 0 Å². The number of halogens is 3. The molecule has 0 N–H and O–H groups in total. The number of hydrogen-bond acceptors (Lipinski definition) is 4. The van der Waals surface area contributed by atoms with Gasteiger partial charge in [0.2, 0.25) is 0 Å². The maximum absolute atomic E-state index is 11.2. The standard InChI is InChI=1S/C9H13Br2ClO4/c1-5(10)8(13)15-4-7(3-12)16-9(14)6(2)11/h5-7H,3-4H2,1-2H3/t5-,6+,7+/m0/s1. The third-order valence-corrected chi connectivity index (χ3v) is 2.61. The summed E-state index contributed by atoms with van der Waals surface area (Å²) in [5, 5.41) is 0. The Balaban J connectivity index is 4.02. The van der Waals surface area contributed by atoms with Crippen LogP contribution in [0.1, 0.15) is 13.8 Å². The average Bonchev–Trinajstić information content (AvgIpc) is 2.22. The van der Waals surface area contributed by atoms with Crippen molar-refractivity contribution in [1.82, 2.24) is 0 Å². The summed E-state index contributed by atoms with van der Waals surface area (Å²) in [6.07, 6.45) is -0.621. The minimum atomic E-state index is -0.621. The Labute approximate surface area is 116 Å². The molecule has 0 aliphatic heterocycles. The van der Waals surface area contributed by atoms with Gasteiger partial charge in [0.1, 0.15) is 22.4 Å². The van der Waals surface area contributed by atoms with Crippen molar-refractivity contribution in [1.29, 1.82) is 0 Å². The first-order chi connectivity index (χ1) is 7.38. The number of esters is 2. The van der Waals surface area contributed by atoms with Gasteiger partial charge in [0.05, 0.1) is 5.88 Å². The van der Waals surface area contributed by atoms with Crippen LogP contribution in [0, 0.1) is 0 Å². The fourth-order valence-electron chi connectivity index (χ4n) is 0.658. The molecule has 7 heteroatoms. The van der Waals surface area contributed by atoms with Gasteiger partial charge in [0.25, 0.3) is 0 Å². The third kappa shape index (κ3) is 6.70. The van der Waals surface area contributed by atoms with Gasteiger partial charge in [-0.15, -0.1) is 11.6 Å². The molecule has 0 saturated carbocycles. The Morgan fingerprint density at radius 1 is 1.19 bits per heavy atom. The molecule has 0 aliphatic carbocycles. The first-order valence-electron chi connectivity index (χ1n) is 4.59. The highest BCUT2D eigenvalue weighted by atomic mass is 79.9. The molecule has 0 amide bonds. The Morgan fingerprint density at radius 2 is 1.69 bits per heavy atom. The van der Waals surface area contributed by atoms with E-state index in [-0.39, 0.29) is 12.5 Å². The number of rotatable bonds is 6. The molecule has 0 bridgehead atoms. The molecule has 4 nitrogen and oxygen atoms in total. The van der Waals surface area contributed by atoms with Crippen molar-refractivity contribution in [3.8, 4) is 0 Å². The Kier molecular flexibility index (Phi) is 8.40. The fourth-order valence-corrected chi connectivity index (χ4v) is 1.05. The van der Waals surface area contributed by atoms with Crippen molar-refractivity contribution in [3.63, 3.8) is 0 Å².